The van der Waals surface area contributed by atoms with Crippen molar-refractivity contribution in [1.29, 1.82) is 0 Å². The first-order chi connectivity index (χ1) is 18.8. The van der Waals surface area contributed by atoms with Crippen LogP contribution in [-0.4, -0.2) is 79.1 Å². The van der Waals surface area contributed by atoms with Crippen LogP contribution >= 0.6 is 0 Å². The lowest BCUT2D eigenvalue weighted by Gasteiger charge is -2.24. The number of pyridine rings is 1. The predicted molar refractivity (Wildman–Crippen MR) is 158 cm³/mol. The Hall–Kier alpha value is -4.21. The maximum atomic E-state index is 13.0. The van der Waals surface area contributed by atoms with E-state index in [1.807, 2.05) is 54.6 Å². The van der Waals surface area contributed by atoms with E-state index in [1.165, 1.54) is 0 Å². The number of benzene rings is 2. The normalized spacial score (nSPS) is 11.3. The van der Waals surface area contributed by atoms with E-state index in [-0.39, 0.29) is 11.9 Å². The molecule has 0 fully saturated rings. The molecule has 0 unspecified atom stereocenters. The van der Waals surface area contributed by atoms with Gasteiger partial charge in [-0.05, 0) is 76.1 Å². The molecule has 2 N–H and O–H groups in total. The first-order valence-electron chi connectivity index (χ1n) is 13.1. The first-order valence-corrected chi connectivity index (χ1v) is 13.1. The fraction of sp³-hybridized carbons (Fsp3) is 0.300. The van der Waals surface area contributed by atoms with Gasteiger partial charge in [0.25, 0.3) is 5.91 Å². The van der Waals surface area contributed by atoms with E-state index >= 15 is 0 Å². The average molecular weight is 528 g/mol. The second-order valence-electron chi connectivity index (χ2n) is 9.82. The van der Waals surface area contributed by atoms with Crippen LogP contribution in [0.2, 0.25) is 0 Å². The first kappa shape index (κ1) is 27.8. The number of amides is 2. The predicted octanol–water partition coefficient (Wildman–Crippen LogP) is 4.63. The van der Waals surface area contributed by atoms with Gasteiger partial charge >= 0.3 is 6.03 Å². The van der Waals surface area contributed by atoms with Crippen molar-refractivity contribution in [2.24, 2.45) is 0 Å². The van der Waals surface area contributed by atoms with Crippen LogP contribution in [0, 0.1) is 0 Å². The Balaban J connectivity index is 1.45. The smallest absolute Gasteiger partial charge is 0.325 e. The van der Waals surface area contributed by atoms with Gasteiger partial charge in [0.1, 0.15) is 5.82 Å². The molecule has 0 aliphatic rings. The van der Waals surface area contributed by atoms with Gasteiger partial charge in [-0.25, -0.2) is 9.78 Å². The summed E-state index contributed by atoms with van der Waals surface area (Å²) < 4.78 is 1.59. The number of carbonyl (C=O) groups excluding carboxylic acids is 2. The van der Waals surface area contributed by atoms with Gasteiger partial charge in [-0.3, -0.25) is 9.36 Å². The highest BCUT2D eigenvalue weighted by atomic mass is 16.2. The molecular weight excluding hydrogens is 490 g/mol. The quantitative estimate of drug-likeness (QED) is 0.313. The maximum absolute atomic E-state index is 13.0. The summed E-state index contributed by atoms with van der Waals surface area (Å²) in [4.78, 5) is 36.0. The van der Waals surface area contributed by atoms with Crippen molar-refractivity contribution in [3.8, 4) is 0 Å². The fourth-order valence-electron chi connectivity index (χ4n) is 4.48. The van der Waals surface area contributed by atoms with Gasteiger partial charge in [-0.2, -0.15) is 0 Å². The van der Waals surface area contributed by atoms with Crippen LogP contribution in [-0.2, 0) is 6.54 Å². The summed E-state index contributed by atoms with van der Waals surface area (Å²) >= 11 is 0. The van der Waals surface area contributed by atoms with E-state index in [1.54, 1.807) is 24.0 Å². The molecule has 39 heavy (non-hydrogen) atoms. The number of likely N-dealkylation sites (N-methyl/N-ethyl adjacent to an activating group) is 2. The molecule has 0 saturated carbocycles. The molecule has 9 nitrogen and oxygen atoms in total. The van der Waals surface area contributed by atoms with Crippen LogP contribution in [0.4, 0.5) is 22.0 Å². The average Bonchev–Trinajstić information content (AvgIpc) is 3.36. The third-order valence-electron chi connectivity index (χ3n) is 6.63. The SMILES string of the molecule is CCN(c1ccnc(NC(=O)c2ccc(CN(C)CCN(C)C)cc2)c1)c1ccc2c(ccn2C(=O)NC)c1. The summed E-state index contributed by atoms with van der Waals surface area (Å²) in [5.41, 5.74) is 4.47. The lowest BCUT2D eigenvalue weighted by atomic mass is 10.1. The molecule has 0 spiro atoms. The summed E-state index contributed by atoms with van der Waals surface area (Å²) in [5, 5.41) is 6.55. The van der Waals surface area contributed by atoms with E-state index in [0.29, 0.717) is 17.9 Å². The standard InChI is InChI=1S/C30H37N7O2/c1-6-36(25-11-12-27-24(19-25)14-16-37(27)30(39)31-2)26-13-15-32-28(20-26)33-29(38)23-9-7-22(8-10-23)21-35(5)18-17-34(3)4/h7-16,19-20H,6,17-18,21H2,1-5H3,(H,31,39)(H,32,33,38). The van der Waals surface area contributed by atoms with Crippen LogP contribution in [0.1, 0.15) is 22.8 Å². The Morgan fingerprint density at radius 2 is 1.67 bits per heavy atom. The zero-order chi connectivity index (χ0) is 27.9. The molecular formula is C30H37N7O2. The van der Waals surface area contributed by atoms with E-state index in [0.717, 1.165) is 47.5 Å². The van der Waals surface area contributed by atoms with Crippen LogP contribution in [0.25, 0.3) is 10.9 Å². The topological polar surface area (TPSA) is 85.7 Å². The Morgan fingerprint density at radius 3 is 2.36 bits per heavy atom. The summed E-state index contributed by atoms with van der Waals surface area (Å²) in [7, 11) is 7.85. The molecule has 2 amide bonds. The Bertz CT molecular complexity index is 1430. The van der Waals surface area contributed by atoms with Crippen molar-refractivity contribution >= 4 is 40.0 Å². The number of carbonyl (C=O) groups is 2. The van der Waals surface area contributed by atoms with Crippen molar-refractivity contribution < 1.29 is 9.59 Å². The van der Waals surface area contributed by atoms with E-state index in [9.17, 15) is 9.59 Å². The molecule has 0 bridgehead atoms. The molecule has 0 aliphatic carbocycles. The van der Waals surface area contributed by atoms with Crippen molar-refractivity contribution in [2.45, 2.75) is 13.5 Å². The van der Waals surface area contributed by atoms with Gasteiger partial charge in [0.15, 0.2) is 0 Å². The minimum Gasteiger partial charge on any atom is -0.342 e. The van der Waals surface area contributed by atoms with Gasteiger partial charge in [-0.15, -0.1) is 0 Å². The number of rotatable bonds is 10. The summed E-state index contributed by atoms with van der Waals surface area (Å²) in [6, 6.07) is 19.2. The zero-order valence-electron chi connectivity index (χ0n) is 23.3. The Kier molecular flexibility index (Phi) is 8.96. The molecule has 2 aromatic heterocycles. The van der Waals surface area contributed by atoms with Gasteiger partial charge in [0, 0.05) is 74.0 Å². The largest absolute Gasteiger partial charge is 0.342 e. The molecule has 2 aromatic carbocycles. The number of nitrogens with one attached hydrogen (secondary N) is 2. The van der Waals surface area contributed by atoms with Gasteiger partial charge in [0.2, 0.25) is 0 Å². The minimum absolute atomic E-state index is 0.179. The highest BCUT2D eigenvalue weighted by Crippen LogP contribution is 2.30. The third-order valence-corrected chi connectivity index (χ3v) is 6.63. The van der Waals surface area contributed by atoms with Crippen molar-refractivity contribution in [1.82, 2.24) is 24.7 Å². The monoisotopic (exact) mass is 527 g/mol. The van der Waals surface area contributed by atoms with Crippen molar-refractivity contribution in [3.63, 3.8) is 0 Å². The Labute approximate surface area is 230 Å². The lowest BCUT2D eigenvalue weighted by Crippen LogP contribution is -2.28. The second-order valence-corrected chi connectivity index (χ2v) is 9.82. The van der Waals surface area contributed by atoms with E-state index in [2.05, 4.69) is 64.5 Å². The molecule has 0 saturated heterocycles. The van der Waals surface area contributed by atoms with Crippen LogP contribution < -0.4 is 15.5 Å². The maximum Gasteiger partial charge on any atom is 0.325 e. The highest BCUT2D eigenvalue weighted by Gasteiger charge is 2.14. The van der Waals surface area contributed by atoms with Gasteiger partial charge in [0.05, 0.1) is 5.52 Å². The molecule has 4 rings (SSSR count). The summed E-state index contributed by atoms with van der Waals surface area (Å²) in [6.07, 6.45) is 3.46. The third kappa shape index (κ3) is 6.81. The zero-order valence-corrected chi connectivity index (χ0v) is 23.3. The number of anilines is 3. The number of nitrogens with zero attached hydrogens (tertiary/aromatic N) is 5. The molecule has 9 heteroatoms. The summed E-state index contributed by atoms with van der Waals surface area (Å²) in [6.45, 7) is 5.58. The highest BCUT2D eigenvalue weighted by molar-refractivity contribution is 6.04. The van der Waals surface area contributed by atoms with Crippen LogP contribution in [0.5, 0.6) is 0 Å². The number of fused-ring (bicyclic) bond motifs is 1. The molecule has 4 aromatic rings. The number of aromatic nitrogens is 2. The minimum atomic E-state index is -0.202. The van der Waals surface area contributed by atoms with E-state index in [4.69, 9.17) is 0 Å². The van der Waals surface area contributed by atoms with E-state index < -0.39 is 0 Å². The Morgan fingerprint density at radius 1 is 0.923 bits per heavy atom. The molecule has 2 heterocycles. The molecule has 0 radical (unpaired) electrons. The van der Waals surface area contributed by atoms with Crippen LogP contribution in [0.15, 0.2) is 73.1 Å². The molecule has 204 valence electrons. The van der Waals surface area contributed by atoms with Crippen molar-refractivity contribution in [2.75, 3.05) is 58.0 Å². The molecule has 0 aliphatic heterocycles. The fourth-order valence-corrected chi connectivity index (χ4v) is 4.48. The number of hydrogen-bond acceptors (Lipinski definition) is 6. The molecule has 0 atom stereocenters. The summed E-state index contributed by atoms with van der Waals surface area (Å²) in [5.74, 6) is 0.280. The second kappa shape index (κ2) is 12.6. The van der Waals surface area contributed by atoms with Gasteiger partial charge < -0.3 is 25.3 Å². The van der Waals surface area contributed by atoms with Gasteiger partial charge in [-0.1, -0.05) is 12.1 Å². The van der Waals surface area contributed by atoms with Crippen molar-refractivity contribution in [3.05, 3.63) is 84.2 Å². The van der Waals surface area contributed by atoms with Crippen LogP contribution in [0.3, 0.4) is 0 Å². The lowest BCUT2D eigenvalue weighted by molar-refractivity contribution is 0.102. The number of hydrogen-bond donors (Lipinski definition) is 2.